The van der Waals surface area contributed by atoms with E-state index in [0.717, 1.165) is 41.5 Å². The van der Waals surface area contributed by atoms with Gasteiger partial charge in [-0.1, -0.05) is 12.1 Å². The second-order valence-electron chi connectivity index (χ2n) is 8.06. The fourth-order valence-corrected chi connectivity index (χ4v) is 4.19. The summed E-state index contributed by atoms with van der Waals surface area (Å²) in [6.45, 7) is 5.70. The van der Waals surface area contributed by atoms with Crippen molar-refractivity contribution in [2.24, 2.45) is 0 Å². The first-order valence-corrected chi connectivity index (χ1v) is 10.9. The van der Waals surface area contributed by atoms with E-state index in [1.807, 2.05) is 30.9 Å². The van der Waals surface area contributed by atoms with Gasteiger partial charge in [-0.25, -0.2) is 4.39 Å². The molecule has 0 bridgehead atoms. The fraction of sp³-hybridized carbons (Fsp3) is 0.333. The highest BCUT2D eigenvalue weighted by molar-refractivity contribution is 7.80. The van der Waals surface area contributed by atoms with Gasteiger partial charge in [0.15, 0.2) is 5.11 Å². The lowest BCUT2D eigenvalue weighted by atomic mass is 10.0. The predicted molar refractivity (Wildman–Crippen MR) is 126 cm³/mol. The molecule has 162 valence electrons. The van der Waals surface area contributed by atoms with Gasteiger partial charge < -0.3 is 19.9 Å². The van der Waals surface area contributed by atoms with E-state index in [2.05, 4.69) is 16.4 Å². The molecule has 2 heterocycles. The average Bonchev–Trinajstić information content (AvgIpc) is 3.26. The number of hydrogen-bond donors (Lipinski definition) is 2. The summed E-state index contributed by atoms with van der Waals surface area (Å²) in [7, 11) is 0. The van der Waals surface area contributed by atoms with Gasteiger partial charge in [0.1, 0.15) is 5.82 Å². The van der Waals surface area contributed by atoms with Crippen LogP contribution in [0, 0.1) is 19.7 Å². The molecule has 7 heteroatoms. The largest absolute Gasteiger partial charge is 0.376 e. The third-order valence-electron chi connectivity index (χ3n) is 5.71. The SMILES string of the molecule is Cc1ccc(C)c2[nH]c(=O)c(CN(C[C@H]3CCCO3)C(=S)Nc3ccc(F)cc3)cc12. The Hall–Kier alpha value is -2.77. The molecule has 1 aromatic heterocycles. The first kappa shape index (κ1) is 21.5. The molecule has 1 aliphatic heterocycles. The minimum absolute atomic E-state index is 0.0662. The zero-order valence-electron chi connectivity index (χ0n) is 17.7. The molecule has 1 aliphatic rings. The van der Waals surface area contributed by atoms with E-state index < -0.39 is 0 Å². The molecule has 0 spiro atoms. The number of aromatic nitrogens is 1. The van der Waals surface area contributed by atoms with Crippen LogP contribution in [0.3, 0.4) is 0 Å². The Bertz CT molecular complexity index is 1150. The number of halogens is 1. The number of ether oxygens (including phenoxy) is 1. The minimum Gasteiger partial charge on any atom is -0.376 e. The normalized spacial score (nSPS) is 15.9. The molecule has 0 aliphatic carbocycles. The topological polar surface area (TPSA) is 57.4 Å². The number of fused-ring (bicyclic) bond motifs is 1. The maximum atomic E-state index is 13.2. The Morgan fingerprint density at radius 1 is 1.23 bits per heavy atom. The minimum atomic E-state index is -0.305. The van der Waals surface area contributed by atoms with Gasteiger partial charge in [0.05, 0.1) is 18.2 Å². The number of aromatic amines is 1. The zero-order valence-corrected chi connectivity index (χ0v) is 18.5. The van der Waals surface area contributed by atoms with Crippen molar-refractivity contribution >= 4 is 33.9 Å². The number of thiocarbonyl (C=S) groups is 1. The monoisotopic (exact) mass is 439 g/mol. The van der Waals surface area contributed by atoms with Gasteiger partial charge in [-0.05, 0) is 80.4 Å². The van der Waals surface area contributed by atoms with Crippen LogP contribution >= 0.6 is 12.2 Å². The maximum Gasteiger partial charge on any atom is 0.253 e. The van der Waals surface area contributed by atoms with Crippen LogP contribution in [0.4, 0.5) is 10.1 Å². The maximum absolute atomic E-state index is 13.2. The number of hydrogen-bond acceptors (Lipinski definition) is 3. The fourth-order valence-electron chi connectivity index (χ4n) is 3.93. The lowest BCUT2D eigenvalue weighted by Crippen LogP contribution is -2.40. The summed E-state index contributed by atoms with van der Waals surface area (Å²) >= 11 is 5.66. The van der Waals surface area contributed by atoms with Crippen LogP contribution in [-0.2, 0) is 11.3 Å². The summed E-state index contributed by atoms with van der Waals surface area (Å²) in [5.41, 5.74) is 4.23. The van der Waals surface area contributed by atoms with Gasteiger partial charge in [-0.3, -0.25) is 4.79 Å². The molecule has 2 N–H and O–H groups in total. The van der Waals surface area contributed by atoms with Crippen molar-refractivity contribution in [3.05, 3.63) is 75.3 Å². The molecule has 5 nitrogen and oxygen atoms in total. The third-order valence-corrected chi connectivity index (χ3v) is 6.07. The Morgan fingerprint density at radius 3 is 2.68 bits per heavy atom. The number of pyridine rings is 1. The van der Waals surface area contributed by atoms with Gasteiger partial charge >= 0.3 is 0 Å². The second-order valence-corrected chi connectivity index (χ2v) is 8.45. The summed E-state index contributed by atoms with van der Waals surface area (Å²) in [6, 6.07) is 12.1. The quantitative estimate of drug-likeness (QED) is 0.566. The summed E-state index contributed by atoms with van der Waals surface area (Å²) in [5, 5.41) is 4.67. The van der Waals surface area contributed by atoms with Crippen molar-refractivity contribution in [1.29, 1.82) is 0 Å². The summed E-state index contributed by atoms with van der Waals surface area (Å²) in [6.07, 6.45) is 2.05. The molecule has 31 heavy (non-hydrogen) atoms. The lowest BCUT2D eigenvalue weighted by Gasteiger charge is -2.28. The number of rotatable bonds is 5. The number of H-pyrrole nitrogens is 1. The van der Waals surface area contributed by atoms with Crippen molar-refractivity contribution in [3.8, 4) is 0 Å². The molecule has 0 amide bonds. The van der Waals surface area contributed by atoms with Crippen LogP contribution in [0.1, 0.15) is 29.5 Å². The van der Waals surface area contributed by atoms with Crippen LogP contribution < -0.4 is 10.9 Å². The number of aryl methyl sites for hydroxylation is 2. The number of nitrogens with zero attached hydrogens (tertiary/aromatic N) is 1. The number of nitrogens with one attached hydrogen (secondary N) is 2. The van der Waals surface area contributed by atoms with Gasteiger partial charge in [-0.15, -0.1) is 0 Å². The molecule has 0 saturated carbocycles. The van der Waals surface area contributed by atoms with Gasteiger partial charge in [0, 0.05) is 29.8 Å². The second kappa shape index (κ2) is 9.16. The molecule has 0 radical (unpaired) electrons. The number of benzene rings is 2. The van der Waals surface area contributed by atoms with E-state index in [1.165, 1.54) is 12.1 Å². The molecular weight excluding hydrogens is 413 g/mol. The van der Waals surface area contributed by atoms with Crippen molar-refractivity contribution in [1.82, 2.24) is 9.88 Å². The van der Waals surface area contributed by atoms with Gasteiger partial charge in [-0.2, -0.15) is 0 Å². The first-order valence-electron chi connectivity index (χ1n) is 10.5. The molecule has 1 saturated heterocycles. The van der Waals surface area contributed by atoms with E-state index in [-0.39, 0.29) is 17.5 Å². The van der Waals surface area contributed by atoms with Gasteiger partial charge in [0.2, 0.25) is 0 Å². The van der Waals surface area contributed by atoms with E-state index in [9.17, 15) is 9.18 Å². The van der Waals surface area contributed by atoms with Crippen molar-refractivity contribution in [3.63, 3.8) is 0 Å². The lowest BCUT2D eigenvalue weighted by molar-refractivity contribution is 0.0904. The first-order chi connectivity index (χ1) is 14.9. The van der Waals surface area contributed by atoms with Crippen LogP contribution in [0.2, 0.25) is 0 Å². The smallest absolute Gasteiger partial charge is 0.253 e. The average molecular weight is 440 g/mol. The predicted octanol–water partition coefficient (Wildman–Crippen LogP) is 4.66. The Kier molecular flexibility index (Phi) is 6.34. The third kappa shape index (κ3) is 4.94. The highest BCUT2D eigenvalue weighted by Gasteiger charge is 2.22. The summed E-state index contributed by atoms with van der Waals surface area (Å²) in [5.74, 6) is -0.305. The molecule has 1 atom stereocenters. The molecule has 1 fully saturated rings. The van der Waals surface area contributed by atoms with E-state index in [0.29, 0.717) is 29.5 Å². The highest BCUT2D eigenvalue weighted by Crippen LogP contribution is 2.21. The molecular formula is C24H26FN3O2S. The Balaban J connectivity index is 1.63. The molecule has 2 aromatic carbocycles. The Morgan fingerprint density at radius 2 is 1.97 bits per heavy atom. The summed E-state index contributed by atoms with van der Waals surface area (Å²) in [4.78, 5) is 17.9. The molecule has 0 unspecified atom stereocenters. The van der Waals surface area contributed by atoms with E-state index in [1.54, 1.807) is 12.1 Å². The van der Waals surface area contributed by atoms with E-state index in [4.69, 9.17) is 17.0 Å². The highest BCUT2D eigenvalue weighted by atomic mass is 32.1. The van der Waals surface area contributed by atoms with Gasteiger partial charge in [0.25, 0.3) is 5.56 Å². The van der Waals surface area contributed by atoms with Crippen LogP contribution in [0.25, 0.3) is 10.9 Å². The van der Waals surface area contributed by atoms with Crippen LogP contribution in [0.5, 0.6) is 0 Å². The summed E-state index contributed by atoms with van der Waals surface area (Å²) < 4.78 is 19.1. The Labute approximate surface area is 186 Å². The number of anilines is 1. The molecule has 3 aromatic rings. The van der Waals surface area contributed by atoms with E-state index >= 15 is 0 Å². The standard InChI is InChI=1S/C24H26FN3O2S/c1-15-5-6-16(2)22-21(15)12-17(23(29)27-22)13-28(14-20-4-3-11-30-20)24(31)26-19-9-7-18(25)8-10-19/h5-10,12,20H,3-4,11,13-14H2,1-2H3,(H,26,31)(H,27,29)/t20-/m1/s1. The van der Waals surface area contributed by atoms with Crippen molar-refractivity contribution < 1.29 is 9.13 Å². The van der Waals surface area contributed by atoms with Crippen LogP contribution in [0.15, 0.2) is 47.3 Å². The van der Waals surface area contributed by atoms with Crippen molar-refractivity contribution in [2.45, 2.75) is 39.3 Å². The van der Waals surface area contributed by atoms with Crippen molar-refractivity contribution in [2.75, 3.05) is 18.5 Å². The molecule has 4 rings (SSSR count). The zero-order chi connectivity index (χ0) is 22.0. The van der Waals surface area contributed by atoms with Crippen LogP contribution in [-0.4, -0.2) is 34.3 Å².